The number of nitrogens with zero attached hydrogens (tertiary/aromatic N) is 3. The summed E-state index contributed by atoms with van der Waals surface area (Å²) >= 11 is 1.64. The summed E-state index contributed by atoms with van der Waals surface area (Å²) in [6.07, 6.45) is 3.92. The Kier molecular flexibility index (Phi) is 6.51. The van der Waals surface area contributed by atoms with Gasteiger partial charge in [-0.3, -0.25) is 4.90 Å². The highest BCUT2D eigenvalue weighted by atomic mass is 32.1. The smallest absolute Gasteiger partial charge is 0.138 e. The summed E-state index contributed by atoms with van der Waals surface area (Å²) in [5.41, 5.74) is 3.45. The predicted octanol–water partition coefficient (Wildman–Crippen LogP) is 5.83. The highest BCUT2D eigenvalue weighted by Gasteiger charge is 2.20. The Labute approximate surface area is 197 Å². The van der Waals surface area contributed by atoms with Crippen LogP contribution in [0.2, 0.25) is 0 Å². The van der Waals surface area contributed by atoms with Gasteiger partial charge in [0.25, 0.3) is 0 Å². The molecule has 0 unspecified atom stereocenters. The molecule has 2 aromatic heterocycles. The molecule has 170 valence electrons. The summed E-state index contributed by atoms with van der Waals surface area (Å²) < 4.78 is 18.4. The molecule has 0 amide bonds. The van der Waals surface area contributed by atoms with Crippen LogP contribution in [0.15, 0.2) is 60.2 Å². The van der Waals surface area contributed by atoms with Gasteiger partial charge < -0.3 is 10.1 Å². The minimum Gasteiger partial charge on any atom is -0.497 e. The second kappa shape index (κ2) is 9.85. The highest BCUT2D eigenvalue weighted by molar-refractivity contribution is 7.17. The van der Waals surface area contributed by atoms with Crippen LogP contribution in [0.4, 0.5) is 10.2 Å². The van der Waals surface area contributed by atoms with E-state index in [0.717, 1.165) is 71.9 Å². The standard InChI is InChI=1S/C26H27FN4OS/c1-32-22-8-4-20(5-9-22)23-16-33-26-24(23)25(29-17-30-26)28-14-18-10-12-31(13-11-18)15-19-2-6-21(27)7-3-19/h2-9,16-18H,10-15H2,1H3,(H,28,29,30). The zero-order valence-electron chi connectivity index (χ0n) is 18.6. The van der Waals surface area contributed by atoms with Crippen LogP contribution in [0.5, 0.6) is 5.75 Å². The molecule has 33 heavy (non-hydrogen) atoms. The molecule has 5 nitrogen and oxygen atoms in total. The molecule has 0 spiro atoms. The average molecular weight is 463 g/mol. The Morgan fingerprint density at radius 2 is 1.82 bits per heavy atom. The number of piperidine rings is 1. The van der Waals surface area contributed by atoms with Crippen LogP contribution in [0.3, 0.4) is 0 Å². The SMILES string of the molecule is COc1ccc(-c2csc3ncnc(NCC4CCN(Cc5ccc(F)cc5)CC4)c23)cc1. The maximum absolute atomic E-state index is 13.1. The van der Waals surface area contributed by atoms with E-state index in [-0.39, 0.29) is 5.82 Å². The molecule has 0 radical (unpaired) electrons. The van der Waals surface area contributed by atoms with Gasteiger partial charge in [-0.2, -0.15) is 0 Å². The number of halogens is 1. The average Bonchev–Trinajstić information content (AvgIpc) is 3.30. The quantitative estimate of drug-likeness (QED) is 0.374. The lowest BCUT2D eigenvalue weighted by molar-refractivity contribution is 0.182. The van der Waals surface area contributed by atoms with Crippen LogP contribution < -0.4 is 10.1 Å². The van der Waals surface area contributed by atoms with Crippen molar-refractivity contribution in [3.63, 3.8) is 0 Å². The van der Waals surface area contributed by atoms with Crippen molar-refractivity contribution < 1.29 is 9.13 Å². The molecule has 1 aliphatic rings. The van der Waals surface area contributed by atoms with Crippen molar-refractivity contribution in [3.05, 3.63) is 71.6 Å². The summed E-state index contributed by atoms with van der Waals surface area (Å²) in [7, 11) is 1.68. The van der Waals surface area contributed by atoms with Gasteiger partial charge in [-0.15, -0.1) is 11.3 Å². The number of thiophene rings is 1. The summed E-state index contributed by atoms with van der Waals surface area (Å²) in [5.74, 6) is 2.17. The maximum atomic E-state index is 13.1. The molecule has 0 aliphatic carbocycles. The van der Waals surface area contributed by atoms with Crippen molar-refractivity contribution >= 4 is 27.4 Å². The van der Waals surface area contributed by atoms with Gasteiger partial charge in [0.2, 0.25) is 0 Å². The zero-order valence-corrected chi connectivity index (χ0v) is 19.4. The number of anilines is 1. The van der Waals surface area contributed by atoms with Gasteiger partial charge in [0.15, 0.2) is 0 Å². The Hall–Kier alpha value is -3.03. The molecule has 3 heterocycles. The normalized spacial score (nSPS) is 15.1. The van der Waals surface area contributed by atoms with Crippen molar-refractivity contribution in [1.29, 1.82) is 0 Å². The van der Waals surface area contributed by atoms with E-state index in [1.54, 1.807) is 36.9 Å². The maximum Gasteiger partial charge on any atom is 0.138 e. The lowest BCUT2D eigenvalue weighted by Gasteiger charge is -2.32. The molecular formula is C26H27FN4OS. The fourth-order valence-corrected chi connectivity index (χ4v) is 5.35. The number of fused-ring (bicyclic) bond motifs is 1. The Bertz CT molecular complexity index is 1200. The third-order valence-corrected chi connectivity index (χ3v) is 7.24. The molecule has 0 saturated carbocycles. The van der Waals surface area contributed by atoms with Gasteiger partial charge in [-0.05, 0) is 67.2 Å². The number of ether oxygens (including phenoxy) is 1. The number of hydrogen-bond donors (Lipinski definition) is 1. The van der Waals surface area contributed by atoms with E-state index in [1.807, 2.05) is 24.3 Å². The van der Waals surface area contributed by atoms with Crippen molar-refractivity contribution in [3.8, 4) is 16.9 Å². The number of aromatic nitrogens is 2. The second-order valence-electron chi connectivity index (χ2n) is 8.51. The third-order valence-electron chi connectivity index (χ3n) is 6.36. The lowest BCUT2D eigenvalue weighted by Crippen LogP contribution is -2.35. The van der Waals surface area contributed by atoms with Crippen LogP contribution in [0.1, 0.15) is 18.4 Å². The molecular weight excluding hydrogens is 435 g/mol. The number of likely N-dealkylation sites (tertiary alicyclic amines) is 1. The number of nitrogens with one attached hydrogen (secondary N) is 1. The van der Waals surface area contributed by atoms with E-state index >= 15 is 0 Å². The first-order valence-corrected chi connectivity index (χ1v) is 12.1. The Morgan fingerprint density at radius 3 is 2.55 bits per heavy atom. The van der Waals surface area contributed by atoms with E-state index in [4.69, 9.17) is 4.74 Å². The molecule has 5 rings (SSSR count). The van der Waals surface area contributed by atoms with Crippen molar-refractivity contribution in [2.24, 2.45) is 5.92 Å². The van der Waals surface area contributed by atoms with Gasteiger partial charge in [-0.1, -0.05) is 24.3 Å². The van der Waals surface area contributed by atoms with Gasteiger partial charge >= 0.3 is 0 Å². The predicted molar refractivity (Wildman–Crippen MR) is 132 cm³/mol. The summed E-state index contributed by atoms with van der Waals surface area (Å²) in [4.78, 5) is 12.5. The molecule has 4 aromatic rings. The summed E-state index contributed by atoms with van der Waals surface area (Å²) in [5, 5.41) is 6.86. The minimum absolute atomic E-state index is 0.178. The van der Waals surface area contributed by atoms with E-state index < -0.39 is 0 Å². The fourth-order valence-electron chi connectivity index (χ4n) is 4.43. The van der Waals surface area contributed by atoms with Crippen LogP contribution in [0, 0.1) is 11.7 Å². The monoisotopic (exact) mass is 462 g/mol. The molecule has 7 heteroatoms. The van der Waals surface area contributed by atoms with E-state index in [2.05, 4.69) is 37.7 Å². The largest absolute Gasteiger partial charge is 0.497 e. The van der Waals surface area contributed by atoms with Crippen LogP contribution in [0.25, 0.3) is 21.3 Å². The van der Waals surface area contributed by atoms with Crippen molar-refractivity contribution in [2.75, 3.05) is 32.1 Å². The molecule has 1 N–H and O–H groups in total. The molecule has 0 atom stereocenters. The number of benzene rings is 2. The number of rotatable bonds is 7. The van der Waals surface area contributed by atoms with E-state index in [9.17, 15) is 4.39 Å². The molecule has 1 aliphatic heterocycles. The van der Waals surface area contributed by atoms with Crippen LogP contribution in [-0.4, -0.2) is 41.6 Å². The lowest BCUT2D eigenvalue weighted by atomic mass is 9.96. The van der Waals surface area contributed by atoms with Gasteiger partial charge in [-0.25, -0.2) is 14.4 Å². The molecule has 1 saturated heterocycles. The fraction of sp³-hybridized carbons (Fsp3) is 0.308. The first kappa shape index (κ1) is 21.8. The highest BCUT2D eigenvalue weighted by Crippen LogP contribution is 2.37. The molecule has 0 bridgehead atoms. The van der Waals surface area contributed by atoms with Crippen LogP contribution >= 0.6 is 11.3 Å². The number of methoxy groups -OCH3 is 1. The Balaban J connectivity index is 1.23. The molecule has 2 aromatic carbocycles. The third kappa shape index (κ3) is 4.99. The van der Waals surface area contributed by atoms with Crippen molar-refractivity contribution in [2.45, 2.75) is 19.4 Å². The zero-order chi connectivity index (χ0) is 22.6. The topological polar surface area (TPSA) is 50.3 Å². The van der Waals surface area contributed by atoms with Crippen molar-refractivity contribution in [1.82, 2.24) is 14.9 Å². The molecule has 1 fully saturated rings. The van der Waals surface area contributed by atoms with Gasteiger partial charge in [0, 0.05) is 24.0 Å². The first-order valence-electron chi connectivity index (χ1n) is 11.3. The van der Waals surface area contributed by atoms with E-state index in [0.29, 0.717) is 5.92 Å². The summed E-state index contributed by atoms with van der Waals surface area (Å²) in [6.45, 7) is 3.89. The van der Waals surface area contributed by atoms with Crippen LogP contribution in [-0.2, 0) is 6.54 Å². The number of hydrogen-bond acceptors (Lipinski definition) is 6. The Morgan fingerprint density at radius 1 is 1.06 bits per heavy atom. The summed E-state index contributed by atoms with van der Waals surface area (Å²) in [6, 6.07) is 15.0. The van der Waals surface area contributed by atoms with Gasteiger partial charge in [0.05, 0.1) is 12.5 Å². The minimum atomic E-state index is -0.178. The van der Waals surface area contributed by atoms with Gasteiger partial charge in [0.1, 0.15) is 28.5 Å². The second-order valence-corrected chi connectivity index (χ2v) is 9.37. The van der Waals surface area contributed by atoms with E-state index in [1.165, 1.54) is 5.56 Å². The first-order chi connectivity index (χ1) is 16.2.